The number of nitrogens with two attached hydrogens (primary N) is 1. The molecule has 1 fully saturated rings. The summed E-state index contributed by atoms with van der Waals surface area (Å²) in [7, 11) is 1.37. The molecule has 4 N–H and O–H groups in total. The third-order valence-electron chi connectivity index (χ3n) is 7.63. The van der Waals surface area contributed by atoms with Crippen LogP contribution in [0.2, 0.25) is 5.02 Å². The summed E-state index contributed by atoms with van der Waals surface area (Å²) in [5.41, 5.74) is 3.53. The molecule has 1 aromatic heterocycles. The topological polar surface area (TPSA) is 177 Å². The molecule has 1 aliphatic rings. The highest BCUT2D eigenvalue weighted by Crippen LogP contribution is 2.38. The fraction of sp³-hybridized carbons (Fsp3) is 0.303. The Bertz CT molecular complexity index is 1850. The zero-order chi connectivity index (χ0) is 33.3. The average molecular weight is 654 g/mol. The van der Waals surface area contributed by atoms with E-state index < -0.39 is 59.9 Å². The number of aliphatic hydroxyl groups is 1. The maximum atomic E-state index is 13.2. The number of methoxy groups -OCH3 is 1. The Labute approximate surface area is 268 Å². The van der Waals surface area contributed by atoms with Crippen molar-refractivity contribution in [1.82, 2.24) is 0 Å². The number of carbonyl (C=O) groups excluding carboxylic acids is 2. The van der Waals surface area contributed by atoms with Crippen LogP contribution in [0.25, 0.3) is 11.0 Å². The molecule has 0 unspecified atom stereocenters. The molecule has 0 bridgehead atoms. The lowest BCUT2D eigenvalue weighted by Gasteiger charge is -2.47. The lowest BCUT2D eigenvalue weighted by atomic mass is 9.89. The van der Waals surface area contributed by atoms with E-state index in [9.17, 15) is 24.6 Å². The molecule has 4 atom stereocenters. The second-order valence-electron chi connectivity index (χ2n) is 11.2. The minimum atomic E-state index is -1.51. The minimum absolute atomic E-state index is 0.00242. The molecule has 13 heteroatoms. The van der Waals surface area contributed by atoms with Crippen molar-refractivity contribution in [2.45, 2.75) is 57.4 Å². The third-order valence-corrected chi connectivity index (χ3v) is 7.87. The van der Waals surface area contributed by atoms with E-state index in [1.54, 1.807) is 63.2 Å². The molecule has 242 valence electrons. The molecule has 12 nitrogen and oxygen atoms in total. The summed E-state index contributed by atoms with van der Waals surface area (Å²) in [6.45, 7) is 4.90. The lowest BCUT2D eigenvalue weighted by Crippen LogP contribution is -2.65. The van der Waals surface area contributed by atoms with Crippen LogP contribution < -0.4 is 20.8 Å². The van der Waals surface area contributed by atoms with Crippen LogP contribution >= 0.6 is 11.6 Å². The van der Waals surface area contributed by atoms with Gasteiger partial charge in [0.15, 0.2) is 18.0 Å². The Kier molecular flexibility index (Phi) is 9.27. The second-order valence-corrected chi connectivity index (χ2v) is 11.7. The molecule has 4 aromatic rings. The molecular weight excluding hydrogens is 622 g/mol. The second kappa shape index (κ2) is 13.0. The molecule has 1 aliphatic heterocycles. The van der Waals surface area contributed by atoms with Crippen molar-refractivity contribution >= 4 is 34.4 Å². The molecule has 3 aromatic carbocycles. The van der Waals surface area contributed by atoms with Crippen molar-refractivity contribution < 1.29 is 47.9 Å². The van der Waals surface area contributed by atoms with Crippen molar-refractivity contribution in [3.05, 3.63) is 92.8 Å². The molecule has 46 heavy (non-hydrogen) atoms. The number of hydrogen-bond donors (Lipinski definition) is 3. The standard InChI is InChI=1S/C33H32ClNO11/c1-16-24(43-31-26(38)28(45-32(35)40)29(41-4)33(2,3)46-31)12-11-21-25(37)22(30(39)44-27(16)21)15-23(36)17-7-5-9-19(13-17)42-20-10-6-8-18(34)14-20/h5-14,26,28-29,31,37-38H,15H2,1-4H3,(H2,35,40)/t26-,28+,29-,31-/m1/s1. The maximum absolute atomic E-state index is 13.2. The van der Waals surface area contributed by atoms with Crippen LogP contribution in [0.1, 0.15) is 35.3 Å². The van der Waals surface area contributed by atoms with Gasteiger partial charge in [-0.2, -0.15) is 0 Å². The van der Waals surface area contributed by atoms with Gasteiger partial charge in [-0.1, -0.05) is 29.8 Å². The van der Waals surface area contributed by atoms with Gasteiger partial charge in [0.2, 0.25) is 6.29 Å². The number of carbonyl (C=O) groups is 2. The highest BCUT2D eigenvalue weighted by molar-refractivity contribution is 6.30. The number of ether oxygens (including phenoxy) is 5. The first kappa shape index (κ1) is 32.8. The highest BCUT2D eigenvalue weighted by Gasteiger charge is 2.53. The monoisotopic (exact) mass is 653 g/mol. The van der Waals surface area contributed by atoms with Gasteiger partial charge >= 0.3 is 11.7 Å². The molecular formula is C33H32ClNO11. The number of amides is 1. The lowest BCUT2D eigenvalue weighted by molar-refractivity contribution is -0.304. The highest BCUT2D eigenvalue weighted by atomic mass is 35.5. The number of aryl methyl sites for hydroxylation is 1. The number of hydrogen-bond acceptors (Lipinski definition) is 11. The fourth-order valence-electron chi connectivity index (χ4n) is 5.42. The first-order valence-electron chi connectivity index (χ1n) is 14.2. The van der Waals surface area contributed by atoms with Gasteiger partial charge in [0.05, 0.1) is 16.6 Å². The number of aliphatic hydroxyl groups excluding tert-OH is 1. The smallest absolute Gasteiger partial charge is 0.404 e. The Balaban J connectivity index is 1.39. The Morgan fingerprint density at radius 1 is 1.07 bits per heavy atom. The number of rotatable bonds is 9. The zero-order valence-corrected chi connectivity index (χ0v) is 26.1. The summed E-state index contributed by atoms with van der Waals surface area (Å²) in [5, 5.41) is 22.7. The number of fused-ring (bicyclic) bond motifs is 1. The van der Waals surface area contributed by atoms with Gasteiger partial charge in [-0.25, -0.2) is 9.59 Å². The summed E-state index contributed by atoms with van der Waals surface area (Å²) >= 11 is 6.02. The van der Waals surface area contributed by atoms with E-state index in [1.165, 1.54) is 25.3 Å². The first-order chi connectivity index (χ1) is 21.8. The molecule has 0 spiro atoms. The van der Waals surface area contributed by atoms with Crippen LogP contribution in [0, 0.1) is 6.92 Å². The Morgan fingerprint density at radius 2 is 1.76 bits per heavy atom. The van der Waals surface area contributed by atoms with E-state index in [0.717, 1.165) is 0 Å². The number of benzene rings is 3. The molecule has 0 radical (unpaired) electrons. The van der Waals surface area contributed by atoms with Crippen molar-refractivity contribution in [2.75, 3.05) is 7.11 Å². The van der Waals surface area contributed by atoms with E-state index in [0.29, 0.717) is 22.1 Å². The maximum Gasteiger partial charge on any atom is 0.404 e. The fourth-order valence-corrected chi connectivity index (χ4v) is 5.60. The largest absolute Gasteiger partial charge is 0.507 e. The van der Waals surface area contributed by atoms with E-state index in [-0.39, 0.29) is 27.8 Å². The van der Waals surface area contributed by atoms with Gasteiger partial charge in [0.1, 0.15) is 34.7 Å². The minimum Gasteiger partial charge on any atom is -0.507 e. The Hall–Kier alpha value is -4.62. The van der Waals surface area contributed by atoms with Crippen molar-refractivity contribution in [2.24, 2.45) is 5.73 Å². The van der Waals surface area contributed by atoms with Crippen molar-refractivity contribution in [1.29, 1.82) is 0 Å². The van der Waals surface area contributed by atoms with E-state index in [4.69, 9.17) is 45.4 Å². The molecule has 5 rings (SSSR count). The normalized spacial score (nSPS) is 20.7. The summed E-state index contributed by atoms with van der Waals surface area (Å²) in [6, 6.07) is 16.1. The van der Waals surface area contributed by atoms with Crippen LogP contribution in [0.4, 0.5) is 4.79 Å². The number of ketones is 1. The van der Waals surface area contributed by atoms with Crippen LogP contribution in [0.5, 0.6) is 23.0 Å². The number of aromatic hydroxyl groups is 1. The molecule has 2 heterocycles. The first-order valence-corrected chi connectivity index (χ1v) is 14.5. The van der Waals surface area contributed by atoms with Crippen molar-refractivity contribution in [3.63, 3.8) is 0 Å². The van der Waals surface area contributed by atoms with Gasteiger partial charge in [-0.05, 0) is 63.2 Å². The van der Waals surface area contributed by atoms with Crippen LogP contribution in [0.3, 0.4) is 0 Å². The number of primary amides is 1. The predicted molar refractivity (Wildman–Crippen MR) is 166 cm³/mol. The summed E-state index contributed by atoms with van der Waals surface area (Å²) < 4.78 is 33.8. The van der Waals surface area contributed by atoms with Crippen LogP contribution in [-0.2, 0) is 20.6 Å². The molecule has 1 saturated heterocycles. The van der Waals surface area contributed by atoms with Gasteiger partial charge in [-0.3, -0.25) is 4.79 Å². The van der Waals surface area contributed by atoms with Crippen LogP contribution in [-0.4, -0.2) is 59.4 Å². The molecule has 1 amide bonds. The van der Waals surface area contributed by atoms with Gasteiger partial charge in [0.25, 0.3) is 0 Å². The predicted octanol–water partition coefficient (Wildman–Crippen LogP) is 5.03. The van der Waals surface area contributed by atoms with Gasteiger partial charge in [0, 0.05) is 29.7 Å². The van der Waals surface area contributed by atoms with E-state index in [1.807, 2.05) is 0 Å². The summed E-state index contributed by atoms with van der Waals surface area (Å²) in [6.07, 6.45) is -6.51. The van der Waals surface area contributed by atoms with E-state index in [2.05, 4.69) is 0 Å². The number of Topliss-reactive ketones (excluding diaryl/α,β-unsaturated/α-hetero) is 1. The van der Waals surface area contributed by atoms with Gasteiger partial charge < -0.3 is 44.0 Å². The Morgan fingerprint density at radius 3 is 2.43 bits per heavy atom. The zero-order valence-electron chi connectivity index (χ0n) is 25.3. The van der Waals surface area contributed by atoms with E-state index >= 15 is 0 Å². The SMILES string of the molecule is CO[C@@H]1[C@@H](OC(N)=O)[C@@H](O)[C@H](Oc2ccc3c(O)c(CC(=O)c4cccc(Oc5cccc(Cl)c5)c4)c(=O)oc3c2C)OC1(C)C. The average Bonchev–Trinajstić information content (AvgIpc) is 2.99. The molecule has 0 saturated carbocycles. The van der Waals surface area contributed by atoms with Crippen molar-refractivity contribution in [3.8, 4) is 23.0 Å². The summed E-state index contributed by atoms with van der Waals surface area (Å²) in [5.74, 6) is 0.127. The van der Waals surface area contributed by atoms with Gasteiger partial charge in [-0.15, -0.1) is 0 Å². The quantitative estimate of drug-likeness (QED) is 0.163. The third kappa shape index (κ3) is 6.65. The number of halogens is 1. The molecule has 0 aliphatic carbocycles. The summed E-state index contributed by atoms with van der Waals surface area (Å²) in [4.78, 5) is 37.8. The van der Waals surface area contributed by atoms with Crippen LogP contribution in [0.15, 0.2) is 69.9 Å².